The van der Waals surface area contributed by atoms with Crippen molar-refractivity contribution in [2.45, 2.75) is 58.1 Å². The van der Waals surface area contributed by atoms with Crippen molar-refractivity contribution in [2.24, 2.45) is 11.8 Å². The average Bonchev–Trinajstić information content (AvgIpc) is 2.89. The molecule has 6 heteroatoms. The number of imide groups is 1. The van der Waals surface area contributed by atoms with Gasteiger partial charge in [-0.25, -0.2) is 0 Å². The first-order valence-electron chi connectivity index (χ1n) is 10.3. The van der Waals surface area contributed by atoms with E-state index < -0.39 is 0 Å². The summed E-state index contributed by atoms with van der Waals surface area (Å²) in [6.07, 6.45) is 5.94. The Morgan fingerprint density at radius 3 is 2.48 bits per heavy atom. The summed E-state index contributed by atoms with van der Waals surface area (Å²) in [6.45, 7) is 6.17. The van der Waals surface area contributed by atoms with Gasteiger partial charge in [-0.05, 0) is 45.2 Å². The molecule has 1 fully saturated rings. The number of allylic oxidation sites excluding steroid dienone is 2. The van der Waals surface area contributed by atoms with Crippen LogP contribution in [0.1, 0.15) is 56.7 Å². The summed E-state index contributed by atoms with van der Waals surface area (Å²) in [4.78, 5) is 39.1. The maximum absolute atomic E-state index is 12.7. The van der Waals surface area contributed by atoms with Gasteiger partial charge in [-0.15, -0.1) is 0 Å². The number of hydrogen-bond acceptors (Lipinski definition) is 4. The minimum absolute atomic E-state index is 0.114. The van der Waals surface area contributed by atoms with Crippen LogP contribution in [0.4, 0.5) is 0 Å². The van der Waals surface area contributed by atoms with Gasteiger partial charge in [-0.1, -0.05) is 24.3 Å². The van der Waals surface area contributed by atoms with Crippen LogP contribution < -0.4 is 10.1 Å². The van der Waals surface area contributed by atoms with E-state index in [9.17, 15) is 14.4 Å². The fourth-order valence-electron chi connectivity index (χ4n) is 4.66. The van der Waals surface area contributed by atoms with Crippen molar-refractivity contribution in [1.82, 2.24) is 10.2 Å². The lowest BCUT2D eigenvalue weighted by atomic mass is 9.85. The Morgan fingerprint density at radius 2 is 1.83 bits per heavy atom. The number of aryl methyl sites for hydroxylation is 1. The summed E-state index contributed by atoms with van der Waals surface area (Å²) in [5.74, 6) is -0.125. The smallest absolute Gasteiger partial charge is 0.233 e. The lowest BCUT2D eigenvalue weighted by molar-refractivity contribution is -0.140. The Balaban J connectivity index is 1.40. The van der Waals surface area contributed by atoms with E-state index in [2.05, 4.69) is 5.32 Å². The molecule has 2 heterocycles. The molecule has 1 aliphatic carbocycles. The fraction of sp³-hybridized carbons (Fsp3) is 0.522. The maximum Gasteiger partial charge on any atom is 0.233 e. The molecule has 0 aromatic heterocycles. The normalized spacial score (nSPS) is 27.3. The fourth-order valence-corrected chi connectivity index (χ4v) is 4.66. The van der Waals surface area contributed by atoms with Gasteiger partial charge < -0.3 is 10.1 Å². The average molecular weight is 396 g/mol. The molecule has 1 saturated heterocycles. The van der Waals surface area contributed by atoms with Crippen molar-refractivity contribution in [1.29, 1.82) is 0 Å². The molecular formula is C23H28N2O4. The van der Waals surface area contributed by atoms with Crippen LogP contribution in [0.5, 0.6) is 5.75 Å². The zero-order valence-corrected chi connectivity index (χ0v) is 17.2. The van der Waals surface area contributed by atoms with Gasteiger partial charge in [-0.2, -0.15) is 0 Å². The van der Waals surface area contributed by atoms with E-state index in [1.54, 1.807) is 0 Å². The second-order valence-corrected chi connectivity index (χ2v) is 8.96. The zero-order chi connectivity index (χ0) is 20.8. The predicted molar refractivity (Wildman–Crippen MR) is 108 cm³/mol. The monoisotopic (exact) mass is 396 g/mol. The number of amides is 3. The molecule has 3 aliphatic rings. The lowest BCUT2D eigenvalue weighted by Gasteiger charge is -2.38. The van der Waals surface area contributed by atoms with Crippen molar-refractivity contribution in [3.63, 3.8) is 0 Å². The number of benzene rings is 1. The maximum atomic E-state index is 12.7. The van der Waals surface area contributed by atoms with Crippen molar-refractivity contribution < 1.29 is 19.1 Å². The third kappa shape index (κ3) is 3.80. The summed E-state index contributed by atoms with van der Waals surface area (Å²) >= 11 is 0. The van der Waals surface area contributed by atoms with Crippen molar-refractivity contribution in [3.05, 3.63) is 41.5 Å². The molecule has 2 aliphatic heterocycles. The molecule has 1 N–H and O–H groups in total. The highest BCUT2D eigenvalue weighted by Crippen LogP contribution is 2.40. The van der Waals surface area contributed by atoms with Crippen LogP contribution in [0.2, 0.25) is 0 Å². The summed E-state index contributed by atoms with van der Waals surface area (Å²) in [6, 6.07) is 5.85. The lowest BCUT2D eigenvalue weighted by Crippen LogP contribution is -2.42. The molecule has 4 rings (SSSR count). The van der Waals surface area contributed by atoms with E-state index in [0.29, 0.717) is 19.3 Å². The van der Waals surface area contributed by atoms with Crippen LogP contribution in [0.3, 0.4) is 0 Å². The zero-order valence-electron chi connectivity index (χ0n) is 17.2. The molecule has 1 aromatic carbocycles. The predicted octanol–water partition coefficient (Wildman–Crippen LogP) is 3.05. The van der Waals surface area contributed by atoms with E-state index >= 15 is 0 Å². The van der Waals surface area contributed by atoms with Crippen LogP contribution in [0, 0.1) is 18.8 Å². The molecular weight excluding hydrogens is 368 g/mol. The van der Waals surface area contributed by atoms with Crippen molar-refractivity contribution >= 4 is 17.7 Å². The number of nitrogens with one attached hydrogen (secondary N) is 1. The highest BCUT2D eigenvalue weighted by atomic mass is 16.5. The Labute approximate surface area is 171 Å². The molecule has 0 bridgehead atoms. The summed E-state index contributed by atoms with van der Waals surface area (Å²) in [5.41, 5.74) is 1.68. The first-order chi connectivity index (χ1) is 13.7. The Bertz CT molecular complexity index is 863. The van der Waals surface area contributed by atoms with Crippen LogP contribution in [-0.2, 0) is 14.4 Å². The van der Waals surface area contributed by atoms with Gasteiger partial charge in [-0.3, -0.25) is 19.3 Å². The molecule has 1 aromatic rings. The number of nitrogens with zero attached hydrogens (tertiary/aromatic N) is 1. The number of carbonyl (C=O) groups is 3. The van der Waals surface area contributed by atoms with Gasteiger partial charge in [0, 0.05) is 24.9 Å². The summed E-state index contributed by atoms with van der Waals surface area (Å²) in [7, 11) is 0. The number of carbonyl (C=O) groups excluding carboxylic acids is 3. The van der Waals surface area contributed by atoms with E-state index in [0.717, 1.165) is 16.9 Å². The van der Waals surface area contributed by atoms with Gasteiger partial charge in [0.1, 0.15) is 11.4 Å². The van der Waals surface area contributed by atoms with Crippen molar-refractivity contribution in [2.75, 3.05) is 6.54 Å². The van der Waals surface area contributed by atoms with E-state index in [-0.39, 0.29) is 54.2 Å². The minimum atomic E-state index is -0.387. The van der Waals surface area contributed by atoms with Gasteiger partial charge in [0.15, 0.2) is 0 Å². The quantitative estimate of drug-likeness (QED) is 0.627. The molecule has 0 unspecified atom stereocenters. The molecule has 3 amide bonds. The highest BCUT2D eigenvalue weighted by Gasteiger charge is 2.47. The molecule has 0 radical (unpaired) electrons. The largest absolute Gasteiger partial charge is 0.487 e. The molecule has 29 heavy (non-hydrogen) atoms. The second kappa shape index (κ2) is 7.32. The minimum Gasteiger partial charge on any atom is -0.487 e. The van der Waals surface area contributed by atoms with Crippen LogP contribution in [0.25, 0.3) is 0 Å². The summed E-state index contributed by atoms with van der Waals surface area (Å²) < 4.78 is 6.08. The van der Waals surface area contributed by atoms with Crippen LogP contribution in [0.15, 0.2) is 30.4 Å². The van der Waals surface area contributed by atoms with E-state index in [4.69, 9.17) is 4.74 Å². The number of likely N-dealkylation sites (tertiary alicyclic amines) is 1. The van der Waals surface area contributed by atoms with E-state index in [1.165, 1.54) is 4.90 Å². The number of fused-ring (bicyclic) bond motifs is 2. The Kier molecular flexibility index (Phi) is 4.97. The second-order valence-electron chi connectivity index (χ2n) is 8.96. The van der Waals surface area contributed by atoms with Crippen LogP contribution >= 0.6 is 0 Å². The van der Waals surface area contributed by atoms with Crippen LogP contribution in [-0.4, -0.2) is 34.8 Å². The standard InChI is InChI=1S/C23H28N2O4/c1-14-8-9-17-18(13-23(2,3)29-19(17)12-14)24-20(26)10-11-25-21(27)15-6-4-5-7-16(15)22(25)28/h4-5,8-9,12,15-16,18H,6-7,10-11,13H2,1-3H3,(H,24,26)/t15-,16+,18-/m1/s1. The van der Waals surface area contributed by atoms with Gasteiger partial charge in [0.2, 0.25) is 17.7 Å². The third-order valence-corrected chi connectivity index (χ3v) is 6.12. The molecule has 6 nitrogen and oxygen atoms in total. The third-order valence-electron chi connectivity index (χ3n) is 6.12. The van der Waals surface area contributed by atoms with E-state index in [1.807, 2.05) is 51.1 Å². The highest BCUT2D eigenvalue weighted by molar-refractivity contribution is 6.05. The van der Waals surface area contributed by atoms with Crippen molar-refractivity contribution in [3.8, 4) is 5.75 Å². The number of rotatable bonds is 4. The Morgan fingerprint density at radius 1 is 1.17 bits per heavy atom. The molecule has 154 valence electrons. The molecule has 3 atom stereocenters. The van der Waals surface area contributed by atoms with Gasteiger partial charge in [0.05, 0.1) is 17.9 Å². The summed E-state index contributed by atoms with van der Waals surface area (Å²) in [5, 5.41) is 3.09. The van der Waals surface area contributed by atoms with Gasteiger partial charge in [0.25, 0.3) is 0 Å². The first kappa shape index (κ1) is 19.7. The topological polar surface area (TPSA) is 75.7 Å². The first-order valence-corrected chi connectivity index (χ1v) is 10.3. The SMILES string of the molecule is Cc1ccc2c(c1)OC(C)(C)C[C@H]2NC(=O)CCN1C(=O)[C@H]2CC=CC[C@H]2C1=O. The number of ether oxygens (including phenoxy) is 1. The molecule has 0 saturated carbocycles. The number of hydrogen-bond donors (Lipinski definition) is 1. The molecule has 0 spiro atoms. The Hall–Kier alpha value is -2.63. The van der Waals surface area contributed by atoms with Gasteiger partial charge >= 0.3 is 0 Å².